The lowest BCUT2D eigenvalue weighted by Gasteiger charge is -2.45. The second-order valence-corrected chi connectivity index (χ2v) is 10.4. The minimum absolute atomic E-state index is 0.0591. The average Bonchev–Trinajstić information content (AvgIpc) is 3.30. The van der Waals surface area contributed by atoms with Crippen LogP contribution in [-0.4, -0.2) is 46.0 Å². The number of anilines is 2. The highest BCUT2D eigenvalue weighted by molar-refractivity contribution is 7.15. The second-order valence-electron chi connectivity index (χ2n) is 9.33. The first kappa shape index (κ1) is 22.7. The summed E-state index contributed by atoms with van der Waals surface area (Å²) in [5.41, 5.74) is 4.54. The van der Waals surface area contributed by atoms with Gasteiger partial charge < -0.3 is 20.6 Å². The number of rotatable bonds is 7. The molecule has 0 spiro atoms. The van der Waals surface area contributed by atoms with Crippen LogP contribution in [0.2, 0.25) is 0 Å². The summed E-state index contributed by atoms with van der Waals surface area (Å²) in [5.74, 6) is 0.722. The molecule has 0 unspecified atom stereocenters. The Balaban J connectivity index is 1.42. The van der Waals surface area contributed by atoms with Gasteiger partial charge in [-0.3, -0.25) is 4.98 Å². The molecule has 4 aromatic rings. The van der Waals surface area contributed by atoms with Crippen LogP contribution >= 0.6 is 11.3 Å². The van der Waals surface area contributed by atoms with Crippen molar-refractivity contribution >= 4 is 33.7 Å². The maximum absolute atomic E-state index is 10.1. The van der Waals surface area contributed by atoms with Crippen LogP contribution < -0.4 is 15.5 Å². The minimum atomic E-state index is -0.639. The Hall–Kier alpha value is -3.07. The first-order valence-corrected chi connectivity index (χ1v) is 12.4. The fraction of sp³-hybridized carbons (Fsp3) is 0.346. The number of benzene rings is 1. The lowest BCUT2D eigenvalue weighted by molar-refractivity contribution is 0.0310. The second kappa shape index (κ2) is 8.94. The third kappa shape index (κ3) is 4.36. The molecule has 34 heavy (non-hydrogen) atoms. The maximum atomic E-state index is 10.1. The van der Waals surface area contributed by atoms with Gasteiger partial charge in [0.1, 0.15) is 0 Å². The third-order valence-corrected chi connectivity index (χ3v) is 7.56. The molecule has 1 saturated heterocycles. The Bertz CT molecular complexity index is 1330. The molecule has 8 heteroatoms. The zero-order valence-electron chi connectivity index (χ0n) is 20.0. The molecule has 0 bridgehead atoms. The Morgan fingerprint density at radius 1 is 1.18 bits per heavy atom. The van der Waals surface area contributed by atoms with Crippen molar-refractivity contribution in [2.24, 2.45) is 0 Å². The average molecular weight is 475 g/mol. The van der Waals surface area contributed by atoms with Gasteiger partial charge in [-0.25, -0.2) is 0 Å². The molecule has 1 atom stereocenters. The van der Waals surface area contributed by atoms with Crippen LogP contribution in [0, 0.1) is 6.92 Å². The summed E-state index contributed by atoms with van der Waals surface area (Å²) < 4.78 is 0. The molecule has 4 heterocycles. The predicted molar refractivity (Wildman–Crippen MR) is 139 cm³/mol. The van der Waals surface area contributed by atoms with Gasteiger partial charge in [-0.15, -0.1) is 16.4 Å². The molecule has 0 radical (unpaired) electrons. The highest BCUT2D eigenvalue weighted by atomic mass is 32.1. The van der Waals surface area contributed by atoms with Gasteiger partial charge in [0.05, 0.1) is 34.7 Å². The summed E-state index contributed by atoms with van der Waals surface area (Å²) in [6.07, 6.45) is 1.85. The van der Waals surface area contributed by atoms with E-state index in [-0.39, 0.29) is 6.04 Å². The number of pyridine rings is 1. The van der Waals surface area contributed by atoms with Gasteiger partial charge in [-0.2, -0.15) is 5.10 Å². The maximum Gasteiger partial charge on any atom is 0.158 e. The Morgan fingerprint density at radius 2 is 1.97 bits per heavy atom. The van der Waals surface area contributed by atoms with Crippen molar-refractivity contribution in [1.29, 1.82) is 0 Å². The number of nitrogens with zero attached hydrogens (tertiary/aromatic N) is 4. The van der Waals surface area contributed by atoms with Crippen LogP contribution in [0.4, 0.5) is 11.5 Å². The predicted octanol–water partition coefficient (Wildman–Crippen LogP) is 4.53. The molecule has 3 N–H and O–H groups in total. The lowest BCUT2D eigenvalue weighted by atomic mass is 9.96. The molecule has 7 nitrogen and oxygen atoms in total. The monoisotopic (exact) mass is 474 g/mol. The highest BCUT2D eigenvalue weighted by Gasteiger charge is 2.36. The number of β-amino-alcohol motifs (C(OH)–C–C–N with tert-alkyl or cyclic N) is 1. The molecule has 1 aliphatic heterocycles. The summed E-state index contributed by atoms with van der Waals surface area (Å²) >= 11 is 1.79. The van der Waals surface area contributed by atoms with Gasteiger partial charge in [0.2, 0.25) is 0 Å². The summed E-state index contributed by atoms with van der Waals surface area (Å²) in [6.45, 7) is 7.97. The summed E-state index contributed by atoms with van der Waals surface area (Å²) in [7, 11) is 1.97. The van der Waals surface area contributed by atoms with Crippen molar-refractivity contribution in [2.45, 2.75) is 39.0 Å². The van der Waals surface area contributed by atoms with Crippen molar-refractivity contribution in [3.05, 3.63) is 64.8 Å². The summed E-state index contributed by atoms with van der Waals surface area (Å²) in [5, 5.41) is 26.7. The Labute approximate surface area is 203 Å². The van der Waals surface area contributed by atoms with E-state index < -0.39 is 5.60 Å². The Morgan fingerprint density at radius 3 is 2.74 bits per heavy atom. The molecule has 1 fully saturated rings. The van der Waals surface area contributed by atoms with Crippen molar-refractivity contribution in [3.63, 3.8) is 0 Å². The third-order valence-electron chi connectivity index (χ3n) is 6.26. The van der Waals surface area contributed by atoms with Gasteiger partial charge in [-0.05, 0) is 57.1 Å². The molecular formula is C26H30N6OS. The van der Waals surface area contributed by atoms with Crippen molar-refractivity contribution < 1.29 is 5.11 Å². The highest BCUT2D eigenvalue weighted by Crippen LogP contribution is 2.36. The van der Waals surface area contributed by atoms with Gasteiger partial charge in [-0.1, -0.05) is 24.3 Å². The molecule has 5 rings (SSSR count). The molecule has 1 aromatic carbocycles. The molecular weight excluding hydrogens is 444 g/mol. The largest absolute Gasteiger partial charge is 0.386 e. The topological polar surface area (TPSA) is 86.2 Å². The summed E-state index contributed by atoms with van der Waals surface area (Å²) in [6, 6.07) is 15.1. The van der Waals surface area contributed by atoms with Crippen LogP contribution in [0.25, 0.3) is 21.3 Å². The van der Waals surface area contributed by atoms with Crippen molar-refractivity contribution in [2.75, 3.05) is 30.4 Å². The number of hydrogen-bond donors (Lipinski definition) is 3. The number of aliphatic hydroxyl groups is 1. The number of hydrogen-bond acceptors (Lipinski definition) is 8. The number of aromatic nitrogens is 3. The molecule has 0 aliphatic carbocycles. The van der Waals surface area contributed by atoms with Gasteiger partial charge >= 0.3 is 0 Å². The van der Waals surface area contributed by atoms with E-state index in [1.165, 1.54) is 20.9 Å². The SMILES string of the molecule is CNCc1ccccc1-c1ccc([C@@H](C)Nc2nnc(C)c3ncc(N4CC(C)(O)C4)cc23)s1. The summed E-state index contributed by atoms with van der Waals surface area (Å²) in [4.78, 5) is 9.28. The first-order chi connectivity index (χ1) is 16.3. The standard InChI is InChI=1S/C26H30N6OS/c1-16(22-9-10-23(34-22)20-8-6-5-7-18(20)12-27-4)29-25-21-11-19(32-14-26(3,33)15-32)13-28-24(21)17(2)30-31-25/h5-11,13,16,27,33H,12,14-15H2,1-4H3,(H,29,31)/t16-/m1/s1. The molecule has 176 valence electrons. The molecule has 0 saturated carbocycles. The Kier molecular flexibility index (Phi) is 5.97. The lowest BCUT2D eigenvalue weighted by Crippen LogP contribution is -2.60. The van der Waals surface area contributed by atoms with Crippen molar-refractivity contribution in [3.8, 4) is 10.4 Å². The van der Waals surface area contributed by atoms with E-state index in [9.17, 15) is 5.11 Å². The van der Waals surface area contributed by atoms with Gasteiger partial charge in [0.25, 0.3) is 0 Å². The van der Waals surface area contributed by atoms with E-state index in [0.29, 0.717) is 13.1 Å². The number of thiophene rings is 1. The fourth-order valence-corrected chi connectivity index (χ4v) is 5.57. The zero-order chi connectivity index (χ0) is 23.9. The van der Waals surface area contributed by atoms with E-state index in [2.05, 4.69) is 80.1 Å². The molecule has 1 aliphatic rings. The molecule has 0 amide bonds. The fourth-order valence-electron chi connectivity index (χ4n) is 4.50. The zero-order valence-corrected chi connectivity index (χ0v) is 20.8. The van der Waals surface area contributed by atoms with Gasteiger partial charge in [0.15, 0.2) is 5.82 Å². The van der Waals surface area contributed by atoms with E-state index in [4.69, 9.17) is 0 Å². The molecule has 3 aromatic heterocycles. The number of aryl methyl sites for hydroxylation is 1. The number of nitrogens with one attached hydrogen (secondary N) is 2. The van der Waals surface area contributed by atoms with E-state index in [0.717, 1.165) is 34.6 Å². The van der Waals surface area contributed by atoms with Crippen LogP contribution in [-0.2, 0) is 6.54 Å². The van der Waals surface area contributed by atoms with E-state index >= 15 is 0 Å². The quantitative estimate of drug-likeness (QED) is 0.363. The van der Waals surface area contributed by atoms with E-state index in [1.807, 2.05) is 27.1 Å². The van der Waals surface area contributed by atoms with E-state index in [1.54, 1.807) is 11.3 Å². The van der Waals surface area contributed by atoms with Crippen LogP contribution in [0.1, 0.15) is 36.0 Å². The smallest absolute Gasteiger partial charge is 0.158 e. The minimum Gasteiger partial charge on any atom is -0.386 e. The van der Waals surface area contributed by atoms with Crippen LogP contribution in [0.5, 0.6) is 0 Å². The van der Waals surface area contributed by atoms with Crippen LogP contribution in [0.15, 0.2) is 48.7 Å². The normalized spacial score (nSPS) is 15.9. The first-order valence-electron chi connectivity index (χ1n) is 11.5. The number of fused-ring (bicyclic) bond motifs is 1. The van der Waals surface area contributed by atoms with Crippen molar-refractivity contribution in [1.82, 2.24) is 20.5 Å². The van der Waals surface area contributed by atoms with Crippen LogP contribution in [0.3, 0.4) is 0 Å². The van der Waals surface area contributed by atoms with Gasteiger partial charge in [0, 0.05) is 34.8 Å².